The first kappa shape index (κ1) is 20.3. The first-order chi connectivity index (χ1) is 9.68. The lowest BCUT2D eigenvalue weighted by Crippen LogP contribution is -2.37. The van der Waals surface area contributed by atoms with Crippen LogP contribution in [-0.4, -0.2) is 65.7 Å². The normalized spacial score (nSPS) is 30.7. The van der Waals surface area contributed by atoms with E-state index in [1.165, 1.54) is 0 Å². The maximum absolute atomic E-state index is 10.8. The summed E-state index contributed by atoms with van der Waals surface area (Å²) in [5.41, 5.74) is 0. The second-order valence-corrected chi connectivity index (χ2v) is 7.60. The van der Waals surface area contributed by atoms with Crippen molar-refractivity contribution < 1.29 is 66.5 Å². The van der Waals surface area contributed by atoms with E-state index in [2.05, 4.69) is 18.3 Å². The lowest BCUT2D eigenvalue weighted by atomic mass is 10.1. The first-order valence-electron chi connectivity index (χ1n) is 5.19. The van der Waals surface area contributed by atoms with Crippen molar-refractivity contribution >= 4 is 23.5 Å². The average molecular weight is 390 g/mol. The van der Waals surface area contributed by atoms with Crippen molar-refractivity contribution in [3.63, 3.8) is 0 Å². The average Bonchev–Trinajstić information content (AvgIpc) is 2.49. The fourth-order valence-electron chi connectivity index (χ4n) is 1.57. The molecule has 4 atom stereocenters. The molecule has 132 valence electrons. The van der Waals surface area contributed by atoms with E-state index in [4.69, 9.17) is 29.4 Å². The van der Waals surface area contributed by atoms with Crippen molar-refractivity contribution in [2.24, 2.45) is 0 Å². The third kappa shape index (κ3) is 7.21. The molecule has 1 rings (SSSR count). The summed E-state index contributed by atoms with van der Waals surface area (Å²) >= 11 is 0. The molecule has 0 saturated carbocycles. The molecule has 1 saturated heterocycles. The minimum Gasteiger partial charge on any atom is -0.366 e. The molecule has 7 N–H and O–H groups in total. The van der Waals surface area contributed by atoms with E-state index >= 15 is 0 Å². The zero-order valence-corrected chi connectivity index (χ0v) is 13.0. The molecule has 1 aliphatic rings. The van der Waals surface area contributed by atoms with Gasteiger partial charge in [-0.3, -0.25) is 13.6 Å². The highest BCUT2D eigenvalue weighted by molar-refractivity contribution is 7.46. The van der Waals surface area contributed by atoms with Crippen molar-refractivity contribution in [3.8, 4) is 0 Å². The minimum absolute atomic E-state index is 1.01. The number of phosphoric acid groups is 3. The molecule has 0 aromatic rings. The van der Waals surface area contributed by atoms with Gasteiger partial charge in [0.05, 0.1) is 6.61 Å². The van der Waals surface area contributed by atoms with Gasteiger partial charge >= 0.3 is 23.5 Å². The van der Waals surface area contributed by atoms with Crippen molar-refractivity contribution in [1.82, 2.24) is 0 Å². The number of aliphatic hydroxyl groups is 1. The lowest BCUT2D eigenvalue weighted by molar-refractivity contribution is -0.130. The van der Waals surface area contributed by atoms with Gasteiger partial charge in [-0.25, -0.2) is 13.7 Å². The number of ether oxygens (including phenoxy) is 1. The highest BCUT2D eigenvalue weighted by Crippen LogP contribution is 2.47. The molecule has 0 amide bonds. The van der Waals surface area contributed by atoms with Crippen LogP contribution in [0.25, 0.3) is 0 Å². The molecular formula is C5H13O14P3. The van der Waals surface area contributed by atoms with Gasteiger partial charge < -0.3 is 39.2 Å². The summed E-state index contributed by atoms with van der Waals surface area (Å²) in [6, 6.07) is 0. The molecule has 0 aliphatic carbocycles. The Balaban J connectivity index is 2.94. The number of hydrogen-bond donors (Lipinski definition) is 7. The van der Waals surface area contributed by atoms with Crippen LogP contribution < -0.4 is 0 Å². The van der Waals surface area contributed by atoms with Crippen LogP contribution in [0, 0.1) is 0 Å². The second-order valence-electron chi connectivity index (χ2n) is 3.97. The van der Waals surface area contributed by atoms with Gasteiger partial charge in [0.2, 0.25) is 0 Å². The van der Waals surface area contributed by atoms with Gasteiger partial charge in [-0.05, 0) is 0 Å². The molecule has 0 aromatic heterocycles. The second kappa shape index (κ2) is 7.01. The maximum atomic E-state index is 10.8. The summed E-state index contributed by atoms with van der Waals surface area (Å²) in [5.74, 6) is 0. The molecule has 1 aliphatic heterocycles. The fourth-order valence-corrected chi connectivity index (χ4v) is 3.02. The lowest BCUT2D eigenvalue weighted by Gasteiger charge is -2.23. The van der Waals surface area contributed by atoms with E-state index in [0.717, 1.165) is 0 Å². The molecule has 14 nitrogen and oxygen atoms in total. The molecule has 0 spiro atoms. The number of phosphoric ester groups is 3. The Kier molecular flexibility index (Phi) is 6.47. The van der Waals surface area contributed by atoms with E-state index in [0.29, 0.717) is 0 Å². The van der Waals surface area contributed by atoms with Crippen LogP contribution in [0.5, 0.6) is 0 Å². The quantitative estimate of drug-likeness (QED) is 0.228. The van der Waals surface area contributed by atoms with Crippen LogP contribution in [0.15, 0.2) is 0 Å². The largest absolute Gasteiger partial charge is 0.470 e. The first-order valence-corrected chi connectivity index (χ1v) is 9.78. The summed E-state index contributed by atoms with van der Waals surface area (Å²) in [6.07, 6.45) is -7.81. The van der Waals surface area contributed by atoms with E-state index < -0.39 is 54.7 Å². The summed E-state index contributed by atoms with van der Waals surface area (Å²) < 4.78 is 49.1. The predicted molar refractivity (Wildman–Crippen MR) is 62.7 cm³/mol. The van der Waals surface area contributed by atoms with Crippen LogP contribution in [0.4, 0.5) is 0 Å². The van der Waals surface area contributed by atoms with Gasteiger partial charge in [-0.2, -0.15) is 0 Å². The topological polar surface area (TPSA) is 230 Å². The molecule has 17 heteroatoms. The van der Waals surface area contributed by atoms with Gasteiger partial charge in [0.25, 0.3) is 0 Å². The summed E-state index contributed by atoms with van der Waals surface area (Å²) in [5, 5.41) is 9.45. The molecule has 0 aromatic carbocycles. The molecule has 0 bridgehead atoms. The van der Waals surface area contributed by atoms with E-state index in [1.807, 2.05) is 0 Å². The SMILES string of the molecule is O=P(O)(O)OC[C@@H]1O[C@H](O)[C@H](OP(=O)(O)O)[C@H]1OP(=O)(O)O. The van der Waals surface area contributed by atoms with Gasteiger partial charge in [-0.1, -0.05) is 0 Å². The summed E-state index contributed by atoms with van der Waals surface area (Å²) in [4.78, 5) is 51.9. The standard InChI is InChI=1S/C5H13O14P3/c6-5-4(19-22(13,14)15)3(18-21(10,11)12)2(17-5)1-16-20(7,8)9/h2-6H,1H2,(H2,7,8,9)(H2,10,11,12)(H2,13,14,15)/t2-,3-,4+,5-/m0/s1. The highest BCUT2D eigenvalue weighted by atomic mass is 31.2. The fraction of sp³-hybridized carbons (Fsp3) is 1.00. The van der Waals surface area contributed by atoms with Crippen molar-refractivity contribution in [2.45, 2.75) is 24.6 Å². The molecule has 22 heavy (non-hydrogen) atoms. The predicted octanol–water partition coefficient (Wildman–Crippen LogP) is -2.23. The van der Waals surface area contributed by atoms with Gasteiger partial charge in [-0.15, -0.1) is 0 Å². The number of aliphatic hydroxyl groups excluding tert-OH is 1. The summed E-state index contributed by atoms with van der Waals surface area (Å²) in [7, 11) is -15.4. The van der Waals surface area contributed by atoms with Crippen LogP contribution in [0.3, 0.4) is 0 Å². The van der Waals surface area contributed by atoms with Crippen molar-refractivity contribution in [2.75, 3.05) is 6.61 Å². The van der Waals surface area contributed by atoms with Crippen LogP contribution in [0.1, 0.15) is 0 Å². The molecule has 1 fully saturated rings. The zero-order chi connectivity index (χ0) is 17.3. The van der Waals surface area contributed by atoms with Crippen LogP contribution in [-0.2, 0) is 32.0 Å². The molecule has 0 unspecified atom stereocenters. The van der Waals surface area contributed by atoms with E-state index in [1.54, 1.807) is 0 Å². The van der Waals surface area contributed by atoms with Gasteiger partial charge in [0, 0.05) is 0 Å². The Hall–Kier alpha value is 0.250. The number of hydrogen-bond acceptors (Lipinski definition) is 8. The van der Waals surface area contributed by atoms with Gasteiger partial charge in [0.1, 0.15) is 18.3 Å². The van der Waals surface area contributed by atoms with Gasteiger partial charge in [0.15, 0.2) is 6.29 Å². The monoisotopic (exact) mass is 390 g/mol. The van der Waals surface area contributed by atoms with Crippen molar-refractivity contribution in [3.05, 3.63) is 0 Å². The van der Waals surface area contributed by atoms with E-state index in [9.17, 15) is 18.8 Å². The Morgan fingerprint density at radius 1 is 0.818 bits per heavy atom. The Bertz CT molecular complexity index is 515. The summed E-state index contributed by atoms with van der Waals surface area (Å²) in [6.45, 7) is -1.01. The van der Waals surface area contributed by atoms with Crippen LogP contribution >= 0.6 is 23.5 Å². The van der Waals surface area contributed by atoms with Crippen molar-refractivity contribution in [1.29, 1.82) is 0 Å². The minimum atomic E-state index is -5.22. The molecular weight excluding hydrogens is 377 g/mol. The highest BCUT2D eigenvalue weighted by Gasteiger charge is 2.51. The Morgan fingerprint density at radius 2 is 1.27 bits per heavy atom. The van der Waals surface area contributed by atoms with Crippen LogP contribution in [0.2, 0.25) is 0 Å². The maximum Gasteiger partial charge on any atom is 0.470 e. The third-order valence-corrected chi connectivity index (χ3v) is 3.73. The third-order valence-electron chi connectivity index (χ3n) is 2.21. The van der Waals surface area contributed by atoms with E-state index in [-0.39, 0.29) is 0 Å². The Morgan fingerprint density at radius 3 is 1.68 bits per heavy atom. The zero-order valence-electron chi connectivity index (χ0n) is 10.3. The smallest absolute Gasteiger partial charge is 0.366 e. The Labute approximate surface area is 122 Å². The molecule has 1 heterocycles. The molecule has 0 radical (unpaired) electrons. The number of rotatable bonds is 7.